The van der Waals surface area contributed by atoms with E-state index in [4.69, 9.17) is 23.2 Å². The van der Waals surface area contributed by atoms with Crippen molar-refractivity contribution in [3.05, 3.63) is 102 Å². The number of para-hydroxylation sites is 1. The molecule has 35 heavy (non-hydrogen) atoms. The van der Waals surface area contributed by atoms with Crippen molar-refractivity contribution in [2.75, 3.05) is 0 Å². The standard InChI is InChI=1S/C27H20BrCl2N3OS/c1-15-9-19(10-16(2)25(15)28)31-27-32-26(34)24(35-27)12-18-14-33(23-6-4-3-5-20(18)23)13-17-7-8-21(29)22(30)11-17/h3-12,14H,13H2,1-2H3,(H,31,32,34)/b24-12-. The second kappa shape index (κ2) is 9.86. The molecule has 0 bridgehead atoms. The Hall–Kier alpha value is -2.51. The molecule has 176 valence electrons. The van der Waals surface area contributed by atoms with Crippen molar-refractivity contribution < 1.29 is 4.79 Å². The fourth-order valence-electron chi connectivity index (χ4n) is 4.08. The molecule has 1 saturated heterocycles. The molecule has 5 rings (SSSR count). The summed E-state index contributed by atoms with van der Waals surface area (Å²) in [7, 11) is 0. The molecule has 0 spiro atoms. The Morgan fingerprint density at radius 3 is 2.54 bits per heavy atom. The van der Waals surface area contributed by atoms with E-state index in [1.807, 2.05) is 62.4 Å². The van der Waals surface area contributed by atoms with Crippen LogP contribution in [0.15, 0.2) is 75.2 Å². The average Bonchev–Trinajstić information content (AvgIpc) is 3.34. The predicted octanol–water partition coefficient (Wildman–Crippen LogP) is 8.27. The van der Waals surface area contributed by atoms with Crippen LogP contribution in [0.25, 0.3) is 17.0 Å². The van der Waals surface area contributed by atoms with Crippen LogP contribution in [-0.4, -0.2) is 15.6 Å². The monoisotopic (exact) mass is 583 g/mol. The molecule has 8 heteroatoms. The second-order valence-electron chi connectivity index (χ2n) is 8.35. The number of aliphatic imine (C=N–C) groups is 1. The first-order chi connectivity index (χ1) is 16.8. The number of nitrogens with zero attached hydrogens (tertiary/aromatic N) is 2. The van der Waals surface area contributed by atoms with E-state index in [0.717, 1.165) is 43.3 Å². The minimum Gasteiger partial charge on any atom is -0.342 e. The van der Waals surface area contributed by atoms with Gasteiger partial charge in [0.2, 0.25) is 0 Å². The van der Waals surface area contributed by atoms with E-state index >= 15 is 0 Å². The number of halogens is 3. The van der Waals surface area contributed by atoms with E-state index in [1.165, 1.54) is 11.8 Å². The zero-order valence-corrected chi connectivity index (χ0v) is 22.8. The molecule has 1 aliphatic rings. The van der Waals surface area contributed by atoms with Crippen molar-refractivity contribution in [2.45, 2.75) is 20.4 Å². The Morgan fingerprint density at radius 1 is 1.06 bits per heavy atom. The number of amides is 1. The van der Waals surface area contributed by atoms with Crippen LogP contribution in [0.5, 0.6) is 0 Å². The molecule has 2 heterocycles. The van der Waals surface area contributed by atoms with E-state index in [0.29, 0.717) is 26.7 Å². The third kappa shape index (κ3) is 5.07. The van der Waals surface area contributed by atoms with Crippen LogP contribution in [0.3, 0.4) is 0 Å². The highest BCUT2D eigenvalue weighted by atomic mass is 79.9. The molecular formula is C27H20BrCl2N3OS. The molecule has 4 nitrogen and oxygen atoms in total. The van der Waals surface area contributed by atoms with E-state index in [2.05, 4.69) is 49.1 Å². The van der Waals surface area contributed by atoms with Gasteiger partial charge in [0.15, 0.2) is 5.17 Å². The van der Waals surface area contributed by atoms with Crippen LogP contribution in [0.4, 0.5) is 5.69 Å². The molecule has 1 fully saturated rings. The van der Waals surface area contributed by atoms with Gasteiger partial charge in [-0.05, 0) is 78.7 Å². The van der Waals surface area contributed by atoms with Gasteiger partial charge in [0.25, 0.3) is 5.91 Å². The largest absolute Gasteiger partial charge is 0.342 e. The number of thioether (sulfide) groups is 1. The van der Waals surface area contributed by atoms with Crippen molar-refractivity contribution >= 4 is 84.6 Å². The first-order valence-corrected chi connectivity index (χ1v) is 13.2. The van der Waals surface area contributed by atoms with Crippen molar-refractivity contribution in [3.8, 4) is 0 Å². The molecule has 1 aliphatic heterocycles. The zero-order chi connectivity index (χ0) is 24.7. The van der Waals surface area contributed by atoms with Gasteiger partial charge in [0.05, 0.1) is 20.6 Å². The molecule has 0 atom stereocenters. The number of benzene rings is 3. The van der Waals surface area contributed by atoms with Gasteiger partial charge in [-0.25, -0.2) is 4.99 Å². The summed E-state index contributed by atoms with van der Waals surface area (Å²) in [4.78, 5) is 18.0. The van der Waals surface area contributed by atoms with Crippen molar-refractivity contribution in [3.63, 3.8) is 0 Å². The summed E-state index contributed by atoms with van der Waals surface area (Å²) >= 11 is 17.2. The molecule has 0 aliphatic carbocycles. The van der Waals surface area contributed by atoms with Gasteiger partial charge in [-0.1, -0.05) is 63.4 Å². The third-order valence-corrected chi connectivity index (χ3v) is 8.65. The minimum atomic E-state index is -0.152. The van der Waals surface area contributed by atoms with Gasteiger partial charge in [-0.3, -0.25) is 4.79 Å². The molecule has 0 unspecified atom stereocenters. The summed E-state index contributed by atoms with van der Waals surface area (Å²) in [5, 5.41) is 5.60. The molecular weight excluding hydrogens is 565 g/mol. The van der Waals surface area contributed by atoms with Crippen LogP contribution in [0.1, 0.15) is 22.3 Å². The highest BCUT2D eigenvalue weighted by Crippen LogP contribution is 2.33. The Labute approximate surface area is 226 Å². The molecule has 0 saturated carbocycles. The maximum Gasteiger partial charge on any atom is 0.264 e. The Bertz CT molecular complexity index is 1530. The molecule has 4 aromatic rings. The number of hydrogen-bond donors (Lipinski definition) is 1. The molecule has 1 N–H and O–H groups in total. The number of rotatable bonds is 4. The van der Waals surface area contributed by atoms with Crippen LogP contribution in [-0.2, 0) is 11.3 Å². The second-order valence-corrected chi connectivity index (χ2v) is 11.0. The van der Waals surface area contributed by atoms with E-state index in [1.54, 1.807) is 0 Å². The Balaban J connectivity index is 1.47. The van der Waals surface area contributed by atoms with Crippen molar-refractivity contribution in [1.29, 1.82) is 0 Å². The quantitative estimate of drug-likeness (QED) is 0.245. The Kier molecular flexibility index (Phi) is 6.82. The minimum absolute atomic E-state index is 0.152. The van der Waals surface area contributed by atoms with E-state index in [-0.39, 0.29) is 5.91 Å². The lowest BCUT2D eigenvalue weighted by Crippen LogP contribution is -2.19. The highest BCUT2D eigenvalue weighted by Gasteiger charge is 2.24. The summed E-state index contributed by atoms with van der Waals surface area (Å²) in [6, 6.07) is 17.8. The Morgan fingerprint density at radius 2 is 1.80 bits per heavy atom. The van der Waals surface area contributed by atoms with Crippen LogP contribution >= 0.6 is 50.9 Å². The SMILES string of the molecule is Cc1cc(N=C2NC(=O)/C(=C/c3cn(Cc4ccc(Cl)c(Cl)c4)c4ccccc34)S2)cc(C)c1Br. The summed E-state index contributed by atoms with van der Waals surface area (Å²) in [5.74, 6) is -0.152. The van der Waals surface area contributed by atoms with Gasteiger partial charge >= 0.3 is 0 Å². The summed E-state index contributed by atoms with van der Waals surface area (Å²) in [5.41, 5.74) is 6.10. The van der Waals surface area contributed by atoms with Gasteiger partial charge < -0.3 is 9.88 Å². The van der Waals surface area contributed by atoms with Crippen LogP contribution in [0, 0.1) is 13.8 Å². The normalized spacial score (nSPS) is 16.0. The van der Waals surface area contributed by atoms with E-state index in [9.17, 15) is 4.79 Å². The van der Waals surface area contributed by atoms with Gasteiger partial charge in [0.1, 0.15) is 0 Å². The topological polar surface area (TPSA) is 46.4 Å². The smallest absolute Gasteiger partial charge is 0.264 e. The number of amidine groups is 1. The number of aromatic nitrogens is 1. The first kappa shape index (κ1) is 24.2. The van der Waals surface area contributed by atoms with Gasteiger partial charge in [-0.2, -0.15) is 0 Å². The maximum atomic E-state index is 12.7. The number of carbonyl (C=O) groups is 1. The lowest BCUT2D eigenvalue weighted by Gasteiger charge is -2.06. The first-order valence-electron chi connectivity index (χ1n) is 10.9. The van der Waals surface area contributed by atoms with Gasteiger partial charge in [-0.15, -0.1) is 0 Å². The summed E-state index contributed by atoms with van der Waals surface area (Å²) in [6.45, 7) is 4.69. The van der Waals surface area contributed by atoms with Crippen LogP contribution < -0.4 is 5.32 Å². The number of carbonyl (C=O) groups excluding carboxylic acids is 1. The predicted molar refractivity (Wildman–Crippen MR) is 152 cm³/mol. The fraction of sp³-hybridized carbons (Fsp3) is 0.111. The highest BCUT2D eigenvalue weighted by molar-refractivity contribution is 9.10. The number of aryl methyl sites for hydroxylation is 2. The van der Waals surface area contributed by atoms with E-state index < -0.39 is 0 Å². The van der Waals surface area contributed by atoms with Gasteiger partial charge in [0, 0.05) is 33.7 Å². The fourth-order valence-corrected chi connectivity index (χ4v) is 5.46. The van der Waals surface area contributed by atoms with Crippen LogP contribution in [0.2, 0.25) is 10.0 Å². The molecule has 0 radical (unpaired) electrons. The summed E-state index contributed by atoms with van der Waals surface area (Å²) in [6.07, 6.45) is 3.98. The van der Waals surface area contributed by atoms with Crippen molar-refractivity contribution in [2.24, 2.45) is 4.99 Å². The lowest BCUT2D eigenvalue weighted by atomic mass is 10.1. The molecule has 1 aromatic heterocycles. The number of hydrogen-bond acceptors (Lipinski definition) is 3. The third-order valence-electron chi connectivity index (χ3n) is 5.75. The molecule has 1 amide bonds. The lowest BCUT2D eigenvalue weighted by molar-refractivity contribution is -0.115. The number of nitrogens with one attached hydrogen (secondary N) is 1. The summed E-state index contributed by atoms with van der Waals surface area (Å²) < 4.78 is 3.23. The zero-order valence-electron chi connectivity index (χ0n) is 18.9. The average molecular weight is 585 g/mol. The molecule has 3 aromatic carbocycles. The number of fused-ring (bicyclic) bond motifs is 1. The maximum absolute atomic E-state index is 12.7. The van der Waals surface area contributed by atoms with Crippen molar-refractivity contribution in [1.82, 2.24) is 9.88 Å².